The van der Waals surface area contributed by atoms with Gasteiger partial charge in [0.25, 0.3) is 5.69 Å². The summed E-state index contributed by atoms with van der Waals surface area (Å²) in [5.41, 5.74) is -0.166. The largest absolute Gasteiger partial charge is 0.341 e. The molecule has 6 nitrogen and oxygen atoms in total. The van der Waals surface area contributed by atoms with Gasteiger partial charge in [-0.25, -0.2) is 4.79 Å². The van der Waals surface area contributed by atoms with Gasteiger partial charge in [-0.05, 0) is 6.07 Å². The summed E-state index contributed by atoms with van der Waals surface area (Å²) in [4.78, 5) is 20.9. The minimum absolute atomic E-state index is 0.00210. The van der Waals surface area contributed by atoms with E-state index < -0.39 is 11.0 Å². The molecule has 0 heterocycles. The molecule has 1 aromatic rings. The third-order valence-corrected chi connectivity index (χ3v) is 2.48. The number of carbonyl (C=O) groups is 1. The van der Waals surface area contributed by atoms with Gasteiger partial charge in [0.15, 0.2) is 0 Å². The van der Waals surface area contributed by atoms with Gasteiger partial charge in [0.05, 0.1) is 15.6 Å². The van der Waals surface area contributed by atoms with Crippen LogP contribution in [0, 0.1) is 10.1 Å². The Bertz CT molecular complexity index is 450. The van der Waals surface area contributed by atoms with E-state index >= 15 is 0 Å². The second kappa shape index (κ2) is 5.00. The van der Waals surface area contributed by atoms with Gasteiger partial charge in [0, 0.05) is 13.1 Å². The van der Waals surface area contributed by atoms with Crippen molar-refractivity contribution in [2.24, 2.45) is 0 Å². The topological polar surface area (TPSA) is 84.3 Å². The molecule has 2 N–H and O–H groups in total. The smallest absolute Gasteiger partial charge is 0.318 e. The first-order valence-corrected chi connectivity index (χ1v) is 4.83. The number of nitrogens with one attached hydrogen (secondary N) is 2. The average molecular weight is 264 g/mol. The lowest BCUT2D eigenvalue weighted by molar-refractivity contribution is -0.384. The molecule has 0 radical (unpaired) electrons. The van der Waals surface area contributed by atoms with Gasteiger partial charge in [-0.3, -0.25) is 10.1 Å². The van der Waals surface area contributed by atoms with Crippen LogP contribution in [-0.2, 0) is 0 Å². The predicted octanol–water partition coefficient (Wildman–Crippen LogP) is 2.65. The van der Waals surface area contributed by atoms with Crippen LogP contribution in [0.2, 0.25) is 10.0 Å². The van der Waals surface area contributed by atoms with Crippen molar-refractivity contribution >= 4 is 40.6 Å². The Morgan fingerprint density at radius 1 is 1.44 bits per heavy atom. The number of rotatable bonds is 2. The summed E-state index contributed by atoms with van der Waals surface area (Å²) in [6.07, 6.45) is 0. The summed E-state index contributed by atoms with van der Waals surface area (Å²) >= 11 is 11.3. The molecule has 0 aliphatic rings. The zero-order valence-electron chi connectivity index (χ0n) is 8.08. The van der Waals surface area contributed by atoms with Crippen LogP contribution in [0.4, 0.5) is 16.2 Å². The summed E-state index contributed by atoms with van der Waals surface area (Å²) in [5, 5.41) is 15.1. The van der Waals surface area contributed by atoms with E-state index in [-0.39, 0.29) is 21.4 Å². The Balaban J connectivity index is 3.14. The number of carbonyl (C=O) groups excluding carboxylic acids is 1. The Kier molecular flexibility index (Phi) is 3.92. The number of amides is 2. The number of halogens is 2. The fourth-order valence-electron chi connectivity index (χ4n) is 0.973. The number of nitro benzene ring substituents is 1. The maximum absolute atomic E-state index is 11.0. The Morgan fingerprint density at radius 3 is 2.56 bits per heavy atom. The lowest BCUT2D eigenvalue weighted by atomic mass is 10.3. The SMILES string of the molecule is CNC(=O)Nc1cc(Cl)c(Cl)c([N+](=O)[O-])c1. The van der Waals surface area contributed by atoms with Crippen LogP contribution in [0.3, 0.4) is 0 Å². The van der Waals surface area contributed by atoms with E-state index in [0.717, 1.165) is 6.07 Å². The second-order valence-corrected chi connectivity index (χ2v) is 3.54. The van der Waals surface area contributed by atoms with Crippen LogP contribution in [-0.4, -0.2) is 18.0 Å². The van der Waals surface area contributed by atoms with Gasteiger partial charge in [0.1, 0.15) is 5.02 Å². The van der Waals surface area contributed by atoms with E-state index in [0.29, 0.717) is 0 Å². The molecule has 0 spiro atoms. The fourth-order valence-corrected chi connectivity index (χ4v) is 1.37. The maximum atomic E-state index is 11.0. The van der Waals surface area contributed by atoms with Crippen molar-refractivity contribution in [3.05, 3.63) is 32.3 Å². The molecule has 0 bridgehead atoms. The third kappa shape index (κ3) is 2.74. The highest BCUT2D eigenvalue weighted by atomic mass is 35.5. The van der Waals surface area contributed by atoms with Gasteiger partial charge < -0.3 is 10.6 Å². The molecule has 2 amide bonds. The van der Waals surface area contributed by atoms with E-state index in [1.165, 1.54) is 13.1 Å². The Hall–Kier alpha value is -1.53. The molecule has 0 saturated heterocycles. The summed E-state index contributed by atoms with van der Waals surface area (Å²) in [6.45, 7) is 0. The quantitative estimate of drug-likeness (QED) is 0.636. The fraction of sp³-hybridized carbons (Fsp3) is 0.125. The molecule has 0 aromatic heterocycles. The summed E-state index contributed by atoms with van der Waals surface area (Å²) in [6, 6.07) is 1.95. The zero-order valence-corrected chi connectivity index (χ0v) is 9.59. The van der Waals surface area contributed by atoms with Crippen LogP contribution in [0.5, 0.6) is 0 Å². The first-order chi connectivity index (χ1) is 7.45. The number of hydrogen-bond acceptors (Lipinski definition) is 3. The van der Waals surface area contributed by atoms with Gasteiger partial charge in [0.2, 0.25) is 0 Å². The number of hydrogen-bond donors (Lipinski definition) is 2. The van der Waals surface area contributed by atoms with Crippen LogP contribution < -0.4 is 10.6 Å². The summed E-state index contributed by atoms with van der Waals surface area (Å²) < 4.78 is 0. The molecule has 0 unspecified atom stereocenters. The van der Waals surface area contributed by atoms with Gasteiger partial charge in [-0.15, -0.1) is 0 Å². The maximum Gasteiger partial charge on any atom is 0.318 e. The molecule has 0 saturated carbocycles. The minimum Gasteiger partial charge on any atom is -0.341 e. The van der Waals surface area contributed by atoms with Crippen molar-refractivity contribution in [1.29, 1.82) is 0 Å². The normalized spacial score (nSPS) is 9.69. The van der Waals surface area contributed by atoms with E-state index in [1.54, 1.807) is 0 Å². The molecule has 0 aliphatic heterocycles. The number of urea groups is 1. The molecule has 8 heteroatoms. The molecule has 0 aliphatic carbocycles. The van der Waals surface area contributed by atoms with Crippen molar-refractivity contribution < 1.29 is 9.72 Å². The molecule has 0 fully saturated rings. The Labute approximate surface area is 101 Å². The second-order valence-electron chi connectivity index (χ2n) is 2.75. The number of anilines is 1. The van der Waals surface area contributed by atoms with E-state index in [4.69, 9.17) is 23.2 Å². The molecule has 0 atom stereocenters. The van der Waals surface area contributed by atoms with Crippen LogP contribution >= 0.6 is 23.2 Å². The van der Waals surface area contributed by atoms with Gasteiger partial charge in [-0.1, -0.05) is 23.2 Å². The van der Waals surface area contributed by atoms with E-state index in [1.807, 2.05) is 0 Å². The van der Waals surface area contributed by atoms with Gasteiger partial charge >= 0.3 is 6.03 Å². The highest BCUT2D eigenvalue weighted by molar-refractivity contribution is 6.43. The highest BCUT2D eigenvalue weighted by Crippen LogP contribution is 2.34. The average Bonchev–Trinajstić information content (AvgIpc) is 2.22. The van der Waals surface area contributed by atoms with Crippen molar-refractivity contribution in [3.63, 3.8) is 0 Å². The first-order valence-electron chi connectivity index (χ1n) is 4.08. The van der Waals surface area contributed by atoms with E-state index in [9.17, 15) is 14.9 Å². The Morgan fingerprint density at radius 2 is 2.06 bits per heavy atom. The molecule has 86 valence electrons. The van der Waals surface area contributed by atoms with Crippen molar-refractivity contribution in [1.82, 2.24) is 5.32 Å². The minimum atomic E-state index is -0.677. The predicted molar refractivity (Wildman–Crippen MR) is 61.2 cm³/mol. The lowest BCUT2D eigenvalue weighted by Crippen LogP contribution is -2.24. The van der Waals surface area contributed by atoms with Crippen LogP contribution in [0.25, 0.3) is 0 Å². The highest BCUT2D eigenvalue weighted by Gasteiger charge is 2.17. The monoisotopic (exact) mass is 263 g/mol. The van der Waals surface area contributed by atoms with Crippen molar-refractivity contribution in [2.45, 2.75) is 0 Å². The van der Waals surface area contributed by atoms with Crippen molar-refractivity contribution in [3.8, 4) is 0 Å². The third-order valence-electron chi connectivity index (χ3n) is 1.69. The summed E-state index contributed by atoms with van der Waals surface area (Å²) in [7, 11) is 1.42. The molecular formula is C8H7Cl2N3O3. The van der Waals surface area contributed by atoms with Crippen LogP contribution in [0.1, 0.15) is 0 Å². The molecular weight excluding hydrogens is 257 g/mol. The van der Waals surface area contributed by atoms with Crippen LogP contribution in [0.15, 0.2) is 12.1 Å². The zero-order chi connectivity index (χ0) is 12.3. The number of nitro groups is 1. The number of nitrogens with zero attached hydrogens (tertiary/aromatic N) is 1. The standard InChI is InChI=1S/C8H7Cl2N3O3/c1-11-8(14)12-4-2-5(9)7(10)6(3-4)13(15)16/h2-3H,1H3,(H2,11,12,14). The van der Waals surface area contributed by atoms with Gasteiger partial charge in [-0.2, -0.15) is 0 Å². The number of benzene rings is 1. The first kappa shape index (κ1) is 12.5. The van der Waals surface area contributed by atoms with E-state index in [2.05, 4.69) is 10.6 Å². The molecule has 1 rings (SSSR count). The van der Waals surface area contributed by atoms with Crippen molar-refractivity contribution in [2.75, 3.05) is 12.4 Å². The summed E-state index contributed by atoms with van der Waals surface area (Å²) in [5.74, 6) is 0. The molecule has 16 heavy (non-hydrogen) atoms. The molecule has 1 aromatic carbocycles. The lowest BCUT2D eigenvalue weighted by Gasteiger charge is -2.05.